The molecule has 4 rings (SSSR count). The molecule has 5 N–H and O–H groups in total. The van der Waals surface area contributed by atoms with E-state index >= 15 is 0 Å². The van der Waals surface area contributed by atoms with E-state index in [9.17, 15) is 44.7 Å². The van der Waals surface area contributed by atoms with Crippen LogP contribution in [0.5, 0.6) is 0 Å². The van der Waals surface area contributed by atoms with Crippen molar-refractivity contribution in [3.63, 3.8) is 0 Å². The molecule has 362 valence electrons. The first-order valence-corrected chi connectivity index (χ1v) is 23.7. The highest BCUT2D eigenvalue weighted by Gasteiger charge is 2.53. The van der Waals surface area contributed by atoms with Crippen LogP contribution < -0.4 is 0 Å². The Kier molecular flexibility index (Phi) is 20.7. The van der Waals surface area contributed by atoms with Crippen LogP contribution in [0.3, 0.4) is 0 Å². The van der Waals surface area contributed by atoms with Gasteiger partial charge in [0.2, 0.25) is 11.6 Å². The Morgan fingerprint density at radius 3 is 2.27 bits per heavy atom. The molecule has 3 fully saturated rings. The summed E-state index contributed by atoms with van der Waals surface area (Å²) in [6.07, 6.45) is 8.15. The van der Waals surface area contributed by atoms with Crippen molar-refractivity contribution < 1.29 is 63.7 Å². The van der Waals surface area contributed by atoms with Crippen LogP contribution in [0.1, 0.15) is 126 Å². The molecule has 0 aromatic heterocycles. The zero-order chi connectivity index (χ0) is 47.5. The number of carbonyl (C=O) groups is 4. The van der Waals surface area contributed by atoms with E-state index in [0.717, 1.165) is 6.42 Å². The maximum atomic E-state index is 14.4. The van der Waals surface area contributed by atoms with E-state index in [1.54, 1.807) is 60.0 Å². The van der Waals surface area contributed by atoms with Gasteiger partial charge in [0.05, 0.1) is 24.4 Å². The predicted molar refractivity (Wildman–Crippen MR) is 241 cm³/mol. The Hall–Kier alpha value is -2.92. The second-order valence-corrected chi connectivity index (χ2v) is 19.5. The molecular weight excluding hydrogens is 823 g/mol. The smallest absolute Gasteiger partial charge is 0.323 e. The number of rotatable bonds is 5. The molecule has 0 amide bonds. The fraction of sp³-hybridized carbons (Fsp3) is 0.760. The third-order valence-electron chi connectivity index (χ3n) is 14.4. The molecule has 14 nitrogen and oxygen atoms in total. The minimum Gasteiger partial charge on any atom is -0.460 e. The van der Waals surface area contributed by atoms with Gasteiger partial charge in [0, 0.05) is 51.4 Å². The molecule has 2 unspecified atom stereocenters. The number of ketones is 3. The maximum Gasteiger partial charge on any atom is 0.323 e. The second-order valence-electron chi connectivity index (χ2n) is 19.5. The van der Waals surface area contributed by atoms with Crippen LogP contribution in [0.4, 0.5) is 0 Å². The molecule has 0 radical (unpaired) electrons. The van der Waals surface area contributed by atoms with Crippen LogP contribution in [-0.2, 0) is 38.1 Å². The molecule has 4 aliphatic rings. The summed E-state index contributed by atoms with van der Waals surface area (Å²) in [6, 6.07) is -1.06. The topological polar surface area (TPSA) is 210 Å². The van der Waals surface area contributed by atoms with Gasteiger partial charge in [-0.2, -0.15) is 0 Å². The number of piperidine rings is 1. The third kappa shape index (κ3) is 14.1. The van der Waals surface area contributed by atoms with Gasteiger partial charge in [0.15, 0.2) is 12.0 Å². The lowest BCUT2D eigenvalue weighted by Gasteiger charge is -2.44. The lowest BCUT2D eigenvalue weighted by Crippen LogP contribution is -2.62. The number of ether oxygens (including phenoxy) is 4. The molecule has 1 saturated carbocycles. The van der Waals surface area contributed by atoms with Crippen LogP contribution in [0.2, 0.25) is 0 Å². The van der Waals surface area contributed by atoms with E-state index in [0.29, 0.717) is 62.5 Å². The summed E-state index contributed by atoms with van der Waals surface area (Å²) in [5, 5.41) is 56.6. The third-order valence-corrected chi connectivity index (χ3v) is 14.4. The fourth-order valence-electron chi connectivity index (χ4n) is 10.0. The zero-order valence-corrected chi connectivity index (χ0v) is 39.8. The Morgan fingerprint density at radius 1 is 0.859 bits per heavy atom. The summed E-state index contributed by atoms with van der Waals surface area (Å²) >= 11 is 0. The van der Waals surface area contributed by atoms with Gasteiger partial charge in [-0.15, -0.1) is 0 Å². The van der Waals surface area contributed by atoms with Crippen molar-refractivity contribution in [2.75, 3.05) is 20.8 Å². The van der Waals surface area contributed by atoms with Crippen molar-refractivity contribution in [2.24, 2.45) is 35.5 Å². The van der Waals surface area contributed by atoms with Crippen molar-refractivity contribution in [3.05, 3.63) is 47.6 Å². The molecule has 64 heavy (non-hydrogen) atoms. The Labute approximate surface area is 381 Å². The predicted octanol–water partition coefficient (Wildman–Crippen LogP) is 5.32. The maximum absolute atomic E-state index is 14.4. The first-order chi connectivity index (χ1) is 30.2. The van der Waals surface area contributed by atoms with E-state index in [1.807, 2.05) is 32.1 Å². The zero-order valence-electron chi connectivity index (χ0n) is 39.8. The van der Waals surface area contributed by atoms with Crippen LogP contribution in [0.15, 0.2) is 47.6 Å². The average molecular weight is 902 g/mol. The van der Waals surface area contributed by atoms with Crippen LogP contribution in [0.25, 0.3) is 0 Å². The largest absolute Gasteiger partial charge is 0.460 e. The number of Topliss-reactive ketones (excluding diaryl/α,β-unsaturated/α-hetero) is 3. The summed E-state index contributed by atoms with van der Waals surface area (Å²) < 4.78 is 23.5. The SMILES string of the molecule is CO[C@@H]1CC(C[C@@H](C)[C@@H]2CC(=O)[C@H](C)/C=C(\C)[C@@H](O)[C@@H](OC)C(=O)[C@H](C)C[C@H](C)/C=C/C=C/C=C(\C)[C@@H](O)C[C@@H]3CC[C@@H](C)[C@@](O)(O3)C(=O)C(O)N3CCCC[C@H]3C(=O)O2)CC[C@H]1O. The lowest BCUT2D eigenvalue weighted by molar-refractivity contribution is -0.274. The number of aliphatic hydroxyl groups excluding tert-OH is 4. The van der Waals surface area contributed by atoms with Crippen molar-refractivity contribution in [2.45, 2.75) is 186 Å². The van der Waals surface area contributed by atoms with E-state index < -0.39 is 84.2 Å². The summed E-state index contributed by atoms with van der Waals surface area (Å²) in [5.74, 6) is -6.68. The lowest BCUT2D eigenvalue weighted by atomic mass is 9.78. The van der Waals surface area contributed by atoms with E-state index in [4.69, 9.17) is 18.9 Å². The van der Waals surface area contributed by atoms with Gasteiger partial charge >= 0.3 is 5.97 Å². The highest BCUT2D eigenvalue weighted by atomic mass is 16.6. The number of carbonyl (C=O) groups excluding carboxylic acids is 4. The van der Waals surface area contributed by atoms with Gasteiger partial charge in [-0.3, -0.25) is 24.1 Å². The van der Waals surface area contributed by atoms with Crippen molar-refractivity contribution in [3.8, 4) is 0 Å². The molecule has 0 spiro atoms. The number of cyclic esters (lactones) is 1. The molecule has 2 saturated heterocycles. The molecule has 16 atom stereocenters. The highest BCUT2D eigenvalue weighted by molar-refractivity contribution is 5.90. The fourth-order valence-corrected chi connectivity index (χ4v) is 10.0. The normalized spacial score (nSPS) is 42.3. The average Bonchev–Trinajstić information content (AvgIpc) is 3.26. The number of methoxy groups -OCH3 is 2. The van der Waals surface area contributed by atoms with Crippen molar-refractivity contribution in [1.82, 2.24) is 4.90 Å². The number of fused-ring (bicyclic) bond motifs is 3. The van der Waals surface area contributed by atoms with Crippen molar-refractivity contribution in [1.29, 1.82) is 0 Å². The number of hydrogen-bond acceptors (Lipinski definition) is 14. The summed E-state index contributed by atoms with van der Waals surface area (Å²) in [5.41, 5.74) is 1.03. The highest BCUT2D eigenvalue weighted by Crippen LogP contribution is 2.38. The number of aliphatic hydroxyl groups is 5. The van der Waals surface area contributed by atoms with Gasteiger partial charge in [-0.25, -0.2) is 0 Å². The van der Waals surface area contributed by atoms with E-state index in [-0.39, 0.29) is 61.2 Å². The quantitative estimate of drug-likeness (QED) is 0.175. The van der Waals surface area contributed by atoms with Gasteiger partial charge in [0.1, 0.15) is 30.1 Å². The molecule has 3 heterocycles. The molecule has 2 bridgehead atoms. The minimum atomic E-state index is -2.38. The van der Waals surface area contributed by atoms with Crippen molar-refractivity contribution >= 4 is 23.3 Å². The van der Waals surface area contributed by atoms with Gasteiger partial charge in [-0.1, -0.05) is 77.5 Å². The van der Waals surface area contributed by atoms with Crippen LogP contribution in [0, 0.1) is 35.5 Å². The number of hydrogen-bond donors (Lipinski definition) is 5. The molecule has 0 aromatic rings. The minimum absolute atomic E-state index is 0.00126. The molecule has 3 aliphatic heterocycles. The van der Waals surface area contributed by atoms with Crippen LogP contribution in [-0.4, -0.2) is 135 Å². The molecule has 1 aliphatic carbocycles. The number of nitrogens with zero attached hydrogens (tertiary/aromatic N) is 1. The monoisotopic (exact) mass is 902 g/mol. The standard InChI is InChI=1S/C50H79NO13/c1-29-15-11-10-12-16-30(2)40(53)27-37-20-18-35(7)50(60,64-37)47(57)48(58)51-22-14-13-17-38(51)49(59)63-42(32(4)25-36-19-21-39(52)43(26-36)61-8)28-41(54)31(3)24-34(6)45(56)46(62-9)44(55)33(5)23-29/h10-12,15-16,24,29,31-33,35-40,42-43,45-46,48,52-53,56,58,60H,13-14,17-23,25-28H2,1-9H3/b12-10+,15-11+,30-16+,34-24+/t29-,31-,32-,33-,35-,36?,37+,38+,39-,40+,42+,43-,45-,46+,48?,50-/m1/s1. The first kappa shape index (κ1) is 53.7. The molecule has 14 heteroatoms. The summed E-state index contributed by atoms with van der Waals surface area (Å²) in [7, 11) is 2.94. The van der Waals surface area contributed by atoms with E-state index in [1.165, 1.54) is 12.0 Å². The number of esters is 1. The summed E-state index contributed by atoms with van der Waals surface area (Å²) in [4.78, 5) is 57.6. The summed E-state index contributed by atoms with van der Waals surface area (Å²) in [6.45, 7) is 12.7. The van der Waals surface area contributed by atoms with Gasteiger partial charge in [0.25, 0.3) is 0 Å². The Bertz CT molecular complexity index is 1690. The van der Waals surface area contributed by atoms with Gasteiger partial charge in [-0.05, 0) is 101 Å². The van der Waals surface area contributed by atoms with E-state index in [2.05, 4.69) is 0 Å². The molecule has 0 aromatic carbocycles. The first-order valence-electron chi connectivity index (χ1n) is 23.7. The molecular formula is C50H79NO13. The Balaban J connectivity index is 1.69. The van der Waals surface area contributed by atoms with Crippen LogP contribution >= 0.6 is 0 Å². The second kappa shape index (κ2) is 24.7. The van der Waals surface area contributed by atoms with Gasteiger partial charge < -0.3 is 44.5 Å². The number of allylic oxidation sites excluding steroid dienone is 6. The Morgan fingerprint density at radius 2 is 1.58 bits per heavy atom.